The Morgan fingerprint density at radius 1 is 0.800 bits per heavy atom. The highest BCUT2D eigenvalue weighted by Gasteiger charge is 2.15. The third-order valence-corrected chi connectivity index (χ3v) is 6.29. The molecule has 0 aliphatic rings. The topological polar surface area (TPSA) is 78.8 Å². The molecule has 0 aliphatic carbocycles. The Balaban J connectivity index is 3.44. The van der Waals surface area contributed by atoms with E-state index in [-0.39, 0.29) is 13.2 Å². The number of unbranched alkanes of at least 4 members (excludes halogenated alkanes) is 13. The number of phosphoric acid groups is 1. The largest absolute Gasteiger partial charge is 0.756 e. The van der Waals surface area contributed by atoms with Gasteiger partial charge in [-0.05, 0) is 6.42 Å². The van der Waals surface area contributed by atoms with E-state index in [1.807, 2.05) is 21.1 Å². The highest BCUT2D eigenvalue weighted by molar-refractivity contribution is 7.45. The third kappa shape index (κ3) is 22.7. The van der Waals surface area contributed by atoms with Crippen LogP contribution in [0, 0.1) is 0 Å². The molecule has 0 saturated heterocycles. The van der Waals surface area contributed by atoms with Crippen molar-refractivity contribution in [3.05, 3.63) is 0 Å². The molecule has 6 nitrogen and oxygen atoms in total. The lowest BCUT2D eigenvalue weighted by Gasteiger charge is -2.27. The van der Waals surface area contributed by atoms with E-state index >= 15 is 0 Å². The van der Waals surface area contributed by atoms with Gasteiger partial charge in [0.15, 0.2) is 0 Å². The fourth-order valence-electron chi connectivity index (χ4n) is 3.30. The molecular formula is C23H50NO5P. The van der Waals surface area contributed by atoms with Gasteiger partial charge in [0, 0.05) is 0 Å². The average Bonchev–Trinajstić information content (AvgIpc) is 2.65. The maximum absolute atomic E-state index is 11.7. The van der Waals surface area contributed by atoms with E-state index in [9.17, 15) is 14.6 Å². The number of nitrogens with zero attached hydrogens (tertiary/aromatic N) is 1. The minimum atomic E-state index is -4.33. The van der Waals surface area contributed by atoms with Crippen LogP contribution in [0.4, 0.5) is 0 Å². The zero-order valence-corrected chi connectivity index (χ0v) is 21.2. The molecule has 0 aliphatic heterocycles. The van der Waals surface area contributed by atoms with Crippen molar-refractivity contribution in [2.45, 2.75) is 109 Å². The van der Waals surface area contributed by atoms with Crippen molar-refractivity contribution in [2.24, 2.45) is 0 Å². The smallest absolute Gasteiger partial charge is 0.268 e. The first-order chi connectivity index (χ1) is 14.2. The minimum absolute atomic E-state index is 0.0827. The van der Waals surface area contributed by atoms with Crippen LogP contribution in [0.1, 0.15) is 103 Å². The Bertz CT molecular complexity index is 428. The number of aliphatic hydroxyl groups excluding tert-OH is 1. The zero-order valence-electron chi connectivity index (χ0n) is 20.3. The van der Waals surface area contributed by atoms with Gasteiger partial charge >= 0.3 is 0 Å². The molecule has 0 saturated carbocycles. The fraction of sp³-hybridized carbons (Fsp3) is 1.00. The number of quaternary nitrogens is 1. The van der Waals surface area contributed by atoms with Crippen molar-refractivity contribution in [1.29, 1.82) is 0 Å². The molecular weight excluding hydrogens is 401 g/mol. The first-order valence-electron chi connectivity index (χ1n) is 12.2. The van der Waals surface area contributed by atoms with E-state index in [4.69, 9.17) is 9.05 Å². The second-order valence-corrected chi connectivity index (χ2v) is 11.0. The molecule has 1 N–H and O–H groups in total. The van der Waals surface area contributed by atoms with Crippen molar-refractivity contribution in [1.82, 2.24) is 0 Å². The summed E-state index contributed by atoms with van der Waals surface area (Å²) in [4.78, 5) is 11.7. The highest BCUT2D eigenvalue weighted by Crippen LogP contribution is 2.38. The minimum Gasteiger partial charge on any atom is -0.756 e. The van der Waals surface area contributed by atoms with Crippen molar-refractivity contribution < 1.29 is 28.1 Å². The molecule has 0 spiro atoms. The van der Waals surface area contributed by atoms with E-state index in [0.717, 1.165) is 12.8 Å². The number of phosphoric ester groups is 1. The van der Waals surface area contributed by atoms with Crippen LogP contribution in [0.25, 0.3) is 0 Å². The van der Waals surface area contributed by atoms with Crippen LogP contribution < -0.4 is 4.89 Å². The molecule has 0 radical (unpaired) electrons. The predicted octanol–water partition coefficient (Wildman–Crippen LogP) is 5.43. The van der Waals surface area contributed by atoms with Gasteiger partial charge in [-0.25, -0.2) is 0 Å². The van der Waals surface area contributed by atoms with Gasteiger partial charge < -0.3 is 23.5 Å². The van der Waals surface area contributed by atoms with Gasteiger partial charge in [0.2, 0.25) is 0 Å². The molecule has 0 aromatic carbocycles. The van der Waals surface area contributed by atoms with Gasteiger partial charge in [0.05, 0.1) is 33.9 Å². The number of hydrogen-bond acceptors (Lipinski definition) is 5. The molecule has 0 aromatic rings. The monoisotopic (exact) mass is 451 g/mol. The molecule has 2 atom stereocenters. The first-order valence-corrected chi connectivity index (χ1v) is 13.7. The van der Waals surface area contributed by atoms with E-state index in [0.29, 0.717) is 17.4 Å². The fourth-order valence-corrected chi connectivity index (χ4v) is 4.03. The zero-order chi connectivity index (χ0) is 22.7. The second-order valence-electron chi connectivity index (χ2n) is 9.63. The Kier molecular flexibility index (Phi) is 18.6. The van der Waals surface area contributed by atoms with Crippen LogP contribution in [0.2, 0.25) is 0 Å². The molecule has 30 heavy (non-hydrogen) atoms. The molecule has 7 heteroatoms. The molecule has 2 unspecified atom stereocenters. The quantitative estimate of drug-likeness (QED) is 0.135. The first kappa shape index (κ1) is 30.0. The molecule has 0 fully saturated rings. The molecule has 0 amide bonds. The third-order valence-electron chi connectivity index (χ3n) is 5.33. The SMILES string of the molecule is CCCCCCCCCCCCCCCCC(O)COP(=O)([O-])OCC[N+](C)(C)C. The summed E-state index contributed by atoms with van der Waals surface area (Å²) in [5.41, 5.74) is 0. The van der Waals surface area contributed by atoms with Crippen molar-refractivity contribution in [3.63, 3.8) is 0 Å². The molecule has 0 bridgehead atoms. The summed E-state index contributed by atoms with van der Waals surface area (Å²) in [5, 5.41) is 9.91. The molecule has 0 aromatic heterocycles. The lowest BCUT2D eigenvalue weighted by molar-refractivity contribution is -0.870. The lowest BCUT2D eigenvalue weighted by atomic mass is 10.0. The lowest BCUT2D eigenvalue weighted by Crippen LogP contribution is -2.37. The Morgan fingerprint density at radius 3 is 1.67 bits per heavy atom. The summed E-state index contributed by atoms with van der Waals surface area (Å²) in [6.45, 7) is 2.69. The predicted molar refractivity (Wildman–Crippen MR) is 123 cm³/mol. The number of rotatable bonds is 22. The van der Waals surface area contributed by atoms with E-state index in [1.165, 1.54) is 77.0 Å². The van der Waals surface area contributed by atoms with Crippen LogP contribution in [-0.4, -0.2) is 56.6 Å². The number of hydrogen-bond donors (Lipinski definition) is 1. The Hall–Kier alpha value is 0.0300. The average molecular weight is 452 g/mol. The van der Waals surface area contributed by atoms with E-state index < -0.39 is 13.9 Å². The maximum Gasteiger partial charge on any atom is 0.268 e. The van der Waals surface area contributed by atoms with Gasteiger partial charge in [-0.3, -0.25) is 4.57 Å². The standard InChI is InChI=1S/C23H50NO5P/c1-5-6-7-8-9-10-11-12-13-14-15-16-17-18-19-23(25)22-29-30(26,27)28-21-20-24(2,3)4/h23,25H,5-22H2,1-4H3. The summed E-state index contributed by atoms with van der Waals surface area (Å²) in [6, 6.07) is 0. The summed E-state index contributed by atoms with van der Waals surface area (Å²) in [6.07, 6.45) is 17.9. The van der Waals surface area contributed by atoms with Gasteiger partial charge in [-0.15, -0.1) is 0 Å². The van der Waals surface area contributed by atoms with Gasteiger partial charge in [0.25, 0.3) is 7.82 Å². The highest BCUT2D eigenvalue weighted by atomic mass is 31.2. The van der Waals surface area contributed by atoms with E-state index in [1.54, 1.807) is 0 Å². The van der Waals surface area contributed by atoms with Gasteiger partial charge in [0.1, 0.15) is 13.2 Å². The summed E-state index contributed by atoms with van der Waals surface area (Å²) in [5.74, 6) is 0. The van der Waals surface area contributed by atoms with Crippen LogP contribution in [0.3, 0.4) is 0 Å². The summed E-state index contributed by atoms with van der Waals surface area (Å²) < 4.78 is 21.9. The van der Waals surface area contributed by atoms with Crippen LogP contribution in [-0.2, 0) is 13.6 Å². The van der Waals surface area contributed by atoms with Gasteiger partial charge in [-0.2, -0.15) is 0 Å². The van der Waals surface area contributed by atoms with Crippen LogP contribution in [0.5, 0.6) is 0 Å². The number of aliphatic hydroxyl groups is 1. The maximum atomic E-state index is 11.7. The number of likely N-dealkylation sites (N-methyl/N-ethyl adjacent to an activating group) is 1. The Morgan fingerprint density at radius 2 is 1.23 bits per heavy atom. The van der Waals surface area contributed by atoms with Crippen molar-refractivity contribution in [3.8, 4) is 0 Å². The normalized spacial score (nSPS) is 15.3. The second kappa shape index (κ2) is 18.6. The molecule has 0 rings (SSSR count). The van der Waals surface area contributed by atoms with Crippen LogP contribution >= 0.6 is 7.82 Å². The van der Waals surface area contributed by atoms with Crippen molar-refractivity contribution >= 4 is 7.82 Å². The van der Waals surface area contributed by atoms with Gasteiger partial charge in [-0.1, -0.05) is 96.8 Å². The molecule has 182 valence electrons. The van der Waals surface area contributed by atoms with Crippen LogP contribution in [0.15, 0.2) is 0 Å². The Labute approximate surface area is 186 Å². The molecule has 0 heterocycles. The van der Waals surface area contributed by atoms with E-state index in [2.05, 4.69) is 6.92 Å². The summed E-state index contributed by atoms with van der Waals surface area (Å²) >= 11 is 0. The van der Waals surface area contributed by atoms with Crippen molar-refractivity contribution in [2.75, 3.05) is 40.9 Å². The summed E-state index contributed by atoms with van der Waals surface area (Å²) in [7, 11) is 1.55.